The van der Waals surface area contributed by atoms with Crippen LogP contribution >= 0.6 is 0 Å². The van der Waals surface area contributed by atoms with E-state index in [1.807, 2.05) is 25.1 Å². The average molecular weight is 611 g/mol. The number of aryl methyl sites for hydroxylation is 1. The predicted octanol–water partition coefficient (Wildman–Crippen LogP) is 5.69. The van der Waals surface area contributed by atoms with E-state index >= 15 is 0 Å². The molecule has 4 aliphatic rings. The van der Waals surface area contributed by atoms with Crippen molar-refractivity contribution in [2.45, 2.75) is 123 Å². The van der Waals surface area contributed by atoms with Gasteiger partial charge in [0.25, 0.3) is 0 Å². The number of carbonyl (C=O) groups excluding carboxylic acids is 2. The summed E-state index contributed by atoms with van der Waals surface area (Å²) in [6, 6.07) is 6.31. The Morgan fingerprint density at radius 2 is 1.64 bits per heavy atom. The van der Waals surface area contributed by atoms with Crippen molar-refractivity contribution >= 4 is 23.5 Å². The molecule has 11 atom stereocenters. The second kappa shape index (κ2) is 13.1. The highest BCUT2D eigenvalue weighted by atomic mass is 16.4. The number of nitrogens with one attached hydrogen (secondary N) is 2. The number of hydrogen-bond donors (Lipinski definition) is 5. The second-order valence-corrected chi connectivity index (χ2v) is 15.4. The second-order valence-electron chi connectivity index (χ2n) is 15.4. The van der Waals surface area contributed by atoms with Gasteiger partial charge in [-0.2, -0.15) is 0 Å². The lowest BCUT2D eigenvalue weighted by Crippen LogP contribution is -2.58. The number of carboxylic acid groups (broad SMARTS) is 1. The quantitative estimate of drug-likeness (QED) is 0.231. The number of carbonyl (C=O) groups is 3. The zero-order valence-corrected chi connectivity index (χ0v) is 27.1. The van der Waals surface area contributed by atoms with E-state index in [1.54, 1.807) is 6.07 Å². The van der Waals surface area contributed by atoms with E-state index in [-0.39, 0.29) is 54.1 Å². The molecule has 8 nitrogen and oxygen atoms in total. The number of fused-ring (bicyclic) bond motifs is 5. The summed E-state index contributed by atoms with van der Waals surface area (Å²) < 4.78 is 0. The Kier molecular flexibility index (Phi) is 9.81. The molecule has 0 saturated heterocycles. The number of aliphatic carboxylic acids is 1. The fourth-order valence-electron chi connectivity index (χ4n) is 10.5. The number of rotatable bonds is 10. The highest BCUT2D eigenvalue weighted by Gasteiger charge is 2.62. The third-order valence-electron chi connectivity index (χ3n) is 12.8. The number of anilines is 1. The van der Waals surface area contributed by atoms with Gasteiger partial charge in [-0.3, -0.25) is 9.59 Å². The van der Waals surface area contributed by atoms with E-state index in [0.717, 1.165) is 56.9 Å². The Morgan fingerprint density at radius 3 is 2.36 bits per heavy atom. The monoisotopic (exact) mass is 610 g/mol. The predicted molar refractivity (Wildman–Crippen MR) is 170 cm³/mol. The van der Waals surface area contributed by atoms with Crippen LogP contribution in [0.15, 0.2) is 24.3 Å². The lowest BCUT2D eigenvalue weighted by atomic mass is 9.43. The number of amides is 2. The minimum absolute atomic E-state index is 0.00219. The molecule has 4 fully saturated rings. The Balaban J connectivity index is 1.13. The van der Waals surface area contributed by atoms with Crippen molar-refractivity contribution in [3.8, 4) is 0 Å². The smallest absolute Gasteiger partial charge is 0.326 e. The van der Waals surface area contributed by atoms with Crippen molar-refractivity contribution in [1.82, 2.24) is 5.32 Å². The van der Waals surface area contributed by atoms with E-state index in [2.05, 4.69) is 31.4 Å². The highest BCUT2D eigenvalue weighted by Crippen LogP contribution is 2.68. The molecule has 5 rings (SSSR count). The van der Waals surface area contributed by atoms with Crippen molar-refractivity contribution in [3.05, 3.63) is 29.8 Å². The molecular formula is C36H54N2O6. The maximum atomic E-state index is 12.9. The molecule has 44 heavy (non-hydrogen) atoms. The number of carboxylic acids is 1. The lowest BCUT2D eigenvalue weighted by molar-refractivity contribution is -0.174. The van der Waals surface area contributed by atoms with Crippen LogP contribution in [0.2, 0.25) is 0 Å². The van der Waals surface area contributed by atoms with Gasteiger partial charge in [0.1, 0.15) is 6.04 Å². The largest absolute Gasteiger partial charge is 0.480 e. The van der Waals surface area contributed by atoms with Gasteiger partial charge in [-0.25, -0.2) is 4.79 Å². The maximum absolute atomic E-state index is 12.9. The van der Waals surface area contributed by atoms with E-state index in [4.69, 9.17) is 0 Å². The van der Waals surface area contributed by atoms with Crippen molar-refractivity contribution in [3.63, 3.8) is 0 Å². The first kappa shape index (κ1) is 32.9. The van der Waals surface area contributed by atoms with Gasteiger partial charge in [-0.1, -0.05) is 32.9 Å². The summed E-state index contributed by atoms with van der Waals surface area (Å²) in [5.41, 5.74) is 2.02. The normalized spacial score (nSPS) is 37.5. The molecule has 244 valence electrons. The van der Waals surface area contributed by atoms with Gasteiger partial charge in [0.2, 0.25) is 11.8 Å². The molecule has 0 bridgehead atoms. The van der Waals surface area contributed by atoms with Crippen LogP contribution in [0.3, 0.4) is 0 Å². The summed E-state index contributed by atoms with van der Waals surface area (Å²) in [4.78, 5) is 37.2. The van der Waals surface area contributed by atoms with E-state index in [0.29, 0.717) is 47.6 Å². The molecule has 0 radical (unpaired) electrons. The zero-order chi connectivity index (χ0) is 31.8. The topological polar surface area (TPSA) is 136 Å². The Morgan fingerprint density at radius 1 is 0.932 bits per heavy atom. The van der Waals surface area contributed by atoms with Gasteiger partial charge < -0.3 is 26.0 Å². The van der Waals surface area contributed by atoms with Crippen LogP contribution in [0.1, 0.15) is 103 Å². The minimum Gasteiger partial charge on any atom is -0.480 e. The average Bonchev–Trinajstić information content (AvgIpc) is 3.32. The SMILES string of the molecule is Cc1cccc(NC(=O)CC[C@H](NC(=O)CC[C@@H](C)[C@H]2CC[C@H]3[C@@H]4[C@H](O)C[C@@H]5C[C@H](O)CC[C@]5(C)[C@H]4CC[C@]23C)C(=O)O)c1. The first-order chi connectivity index (χ1) is 20.8. The standard InChI is InChI=1S/C36H54N2O6/c1-21-6-5-7-24(18-21)37-31(41)13-11-29(34(43)44)38-32(42)12-8-22(2)26-9-10-27-33-28(15-17-36(26,27)4)35(3)16-14-25(39)19-23(35)20-30(33)40/h5-7,18,22-23,25-30,33,39-40H,8-17,19-20H2,1-4H3,(H,37,41)(H,38,42)(H,43,44)/t22-,23+,25-,26-,27+,28+,29+,30-,33+,35+,36-/m1/s1. The summed E-state index contributed by atoms with van der Waals surface area (Å²) in [7, 11) is 0. The molecule has 8 heteroatoms. The van der Waals surface area contributed by atoms with Crippen LogP contribution in [-0.4, -0.2) is 51.4 Å². The van der Waals surface area contributed by atoms with E-state index < -0.39 is 12.0 Å². The molecule has 0 spiro atoms. The molecular weight excluding hydrogens is 556 g/mol. The number of hydrogen-bond acceptors (Lipinski definition) is 5. The maximum Gasteiger partial charge on any atom is 0.326 e. The van der Waals surface area contributed by atoms with Gasteiger partial charge in [-0.05, 0) is 135 Å². The third kappa shape index (κ3) is 6.57. The first-order valence-corrected chi connectivity index (χ1v) is 17.1. The van der Waals surface area contributed by atoms with E-state index in [1.165, 1.54) is 0 Å². The van der Waals surface area contributed by atoms with Crippen LogP contribution in [0.5, 0.6) is 0 Å². The molecule has 5 N–H and O–H groups in total. The Labute approximate surface area is 262 Å². The van der Waals surface area contributed by atoms with Gasteiger partial charge in [0.05, 0.1) is 12.2 Å². The van der Waals surface area contributed by atoms with Crippen LogP contribution in [0.4, 0.5) is 5.69 Å². The van der Waals surface area contributed by atoms with Gasteiger partial charge in [-0.15, -0.1) is 0 Å². The molecule has 1 aromatic rings. The fraction of sp³-hybridized carbons (Fsp3) is 0.750. The summed E-state index contributed by atoms with van der Waals surface area (Å²) >= 11 is 0. The first-order valence-electron chi connectivity index (χ1n) is 17.1. The lowest BCUT2D eigenvalue weighted by Gasteiger charge is -2.62. The van der Waals surface area contributed by atoms with Crippen LogP contribution in [-0.2, 0) is 14.4 Å². The van der Waals surface area contributed by atoms with E-state index in [9.17, 15) is 29.7 Å². The Bertz CT molecular complexity index is 1220. The molecule has 2 amide bonds. The van der Waals surface area contributed by atoms with Crippen molar-refractivity contribution in [2.75, 3.05) is 5.32 Å². The van der Waals surface area contributed by atoms with Crippen LogP contribution in [0, 0.1) is 53.3 Å². The summed E-state index contributed by atoms with van der Waals surface area (Å²) in [5, 5.41) is 37.0. The van der Waals surface area contributed by atoms with Crippen LogP contribution < -0.4 is 10.6 Å². The summed E-state index contributed by atoms with van der Waals surface area (Å²) in [6.45, 7) is 9.03. The van der Waals surface area contributed by atoms with Crippen molar-refractivity contribution < 1.29 is 29.7 Å². The number of aliphatic hydroxyl groups excluding tert-OH is 2. The van der Waals surface area contributed by atoms with Crippen LogP contribution in [0.25, 0.3) is 0 Å². The highest BCUT2D eigenvalue weighted by molar-refractivity contribution is 5.91. The summed E-state index contributed by atoms with van der Waals surface area (Å²) in [6.07, 6.45) is 8.48. The van der Waals surface area contributed by atoms with Gasteiger partial charge in [0.15, 0.2) is 0 Å². The Hall–Kier alpha value is -2.45. The molecule has 0 heterocycles. The number of benzene rings is 1. The molecule has 4 saturated carbocycles. The molecule has 0 aliphatic heterocycles. The molecule has 1 aromatic carbocycles. The van der Waals surface area contributed by atoms with Crippen molar-refractivity contribution in [1.29, 1.82) is 0 Å². The number of aliphatic hydroxyl groups is 2. The molecule has 4 aliphatic carbocycles. The third-order valence-corrected chi connectivity index (χ3v) is 12.8. The summed E-state index contributed by atoms with van der Waals surface area (Å²) in [5.74, 6) is 0.774. The van der Waals surface area contributed by atoms with Gasteiger partial charge in [0, 0.05) is 18.5 Å². The fourth-order valence-corrected chi connectivity index (χ4v) is 10.5. The molecule has 0 aromatic heterocycles. The minimum atomic E-state index is -1.13. The molecule has 0 unspecified atom stereocenters. The van der Waals surface area contributed by atoms with Crippen molar-refractivity contribution in [2.24, 2.45) is 46.3 Å². The zero-order valence-electron chi connectivity index (χ0n) is 27.1. The van der Waals surface area contributed by atoms with Gasteiger partial charge >= 0.3 is 5.97 Å².